The van der Waals surface area contributed by atoms with E-state index in [-0.39, 0.29) is 11.8 Å². The van der Waals surface area contributed by atoms with Gasteiger partial charge in [0.25, 0.3) is 0 Å². The zero-order valence-corrected chi connectivity index (χ0v) is 7.05. The number of hydrogen-bond donors (Lipinski definition) is 1. The van der Waals surface area contributed by atoms with Crippen molar-refractivity contribution in [3.63, 3.8) is 0 Å². The summed E-state index contributed by atoms with van der Waals surface area (Å²) in [4.78, 5) is 10.9. The number of amides is 1. The number of allylic oxidation sites excluding steroid dienone is 3. The predicted octanol–water partition coefficient (Wildman–Crippen LogP) is 1.42. The molecule has 0 aromatic rings. The first kappa shape index (κ1) is 8.78. The molecular weight excluding hydrogens is 150 g/mol. The van der Waals surface area contributed by atoms with Crippen molar-refractivity contribution in [2.75, 3.05) is 6.54 Å². The zero-order chi connectivity index (χ0) is 8.97. The van der Waals surface area contributed by atoms with Gasteiger partial charge in [-0.15, -0.1) is 0 Å². The number of hydrogen-bond acceptors (Lipinski definition) is 1. The van der Waals surface area contributed by atoms with Crippen LogP contribution in [0, 0.1) is 5.92 Å². The molecule has 0 aromatic carbocycles. The summed E-state index contributed by atoms with van der Waals surface area (Å²) in [6, 6.07) is 0. The molecule has 2 heteroatoms. The van der Waals surface area contributed by atoms with E-state index in [1.807, 2.05) is 6.08 Å². The molecule has 1 amide bonds. The minimum atomic E-state index is 0.122. The van der Waals surface area contributed by atoms with Gasteiger partial charge in [0, 0.05) is 18.9 Å². The van der Waals surface area contributed by atoms with Gasteiger partial charge in [-0.05, 0) is 5.57 Å². The van der Waals surface area contributed by atoms with Gasteiger partial charge in [0.15, 0.2) is 0 Å². The van der Waals surface area contributed by atoms with Gasteiger partial charge in [0.1, 0.15) is 0 Å². The lowest BCUT2D eigenvalue weighted by molar-refractivity contribution is -0.119. The lowest BCUT2D eigenvalue weighted by Gasteiger charge is -2.06. The van der Waals surface area contributed by atoms with Gasteiger partial charge in [-0.3, -0.25) is 4.79 Å². The molecular formula is C10H13NO. The molecule has 1 fully saturated rings. The minimum Gasteiger partial charge on any atom is -0.355 e. The fourth-order valence-corrected chi connectivity index (χ4v) is 1.35. The number of carbonyl (C=O) groups is 1. The van der Waals surface area contributed by atoms with E-state index in [1.165, 1.54) is 0 Å². The molecule has 0 aliphatic carbocycles. The van der Waals surface area contributed by atoms with Crippen molar-refractivity contribution >= 4 is 5.91 Å². The Morgan fingerprint density at radius 2 is 2.33 bits per heavy atom. The standard InChI is InChI=1S/C10H13NO/c1-3-5-8(4-2)9-6-10(12)11-7-9/h3-5,9H,1-2,6-7H2,(H,11,12)/b8-5+. The molecule has 0 saturated carbocycles. The SMILES string of the molecule is C=C/C=C(\C=C)C1CNC(=O)C1. The van der Waals surface area contributed by atoms with Gasteiger partial charge in [0.2, 0.25) is 5.91 Å². The Kier molecular flexibility index (Phi) is 2.86. The molecule has 1 saturated heterocycles. The first-order valence-corrected chi connectivity index (χ1v) is 3.99. The Morgan fingerprint density at radius 1 is 1.58 bits per heavy atom. The van der Waals surface area contributed by atoms with Crippen molar-refractivity contribution in [3.05, 3.63) is 37.0 Å². The van der Waals surface area contributed by atoms with Gasteiger partial charge < -0.3 is 5.32 Å². The summed E-state index contributed by atoms with van der Waals surface area (Å²) >= 11 is 0. The molecule has 1 N–H and O–H groups in total. The summed E-state index contributed by atoms with van der Waals surface area (Å²) in [6.45, 7) is 8.03. The van der Waals surface area contributed by atoms with Crippen LogP contribution in [0.5, 0.6) is 0 Å². The molecule has 1 aliphatic rings. The Labute approximate surface area is 72.7 Å². The summed E-state index contributed by atoms with van der Waals surface area (Å²) in [5.41, 5.74) is 1.09. The molecule has 0 radical (unpaired) electrons. The number of nitrogens with one attached hydrogen (secondary N) is 1. The quantitative estimate of drug-likeness (QED) is 0.626. The van der Waals surface area contributed by atoms with E-state index < -0.39 is 0 Å². The van der Waals surface area contributed by atoms with Gasteiger partial charge >= 0.3 is 0 Å². The third kappa shape index (κ3) is 1.84. The van der Waals surface area contributed by atoms with Gasteiger partial charge in [0.05, 0.1) is 0 Å². The van der Waals surface area contributed by atoms with E-state index in [9.17, 15) is 4.79 Å². The molecule has 1 rings (SSSR count). The van der Waals surface area contributed by atoms with E-state index in [1.54, 1.807) is 12.2 Å². The van der Waals surface area contributed by atoms with Crippen molar-refractivity contribution in [2.45, 2.75) is 6.42 Å². The summed E-state index contributed by atoms with van der Waals surface area (Å²) in [7, 11) is 0. The summed E-state index contributed by atoms with van der Waals surface area (Å²) in [5.74, 6) is 0.407. The molecule has 2 nitrogen and oxygen atoms in total. The zero-order valence-electron chi connectivity index (χ0n) is 7.05. The van der Waals surface area contributed by atoms with E-state index in [2.05, 4.69) is 18.5 Å². The van der Waals surface area contributed by atoms with Crippen molar-refractivity contribution in [1.82, 2.24) is 5.32 Å². The first-order chi connectivity index (χ1) is 5.77. The smallest absolute Gasteiger partial charge is 0.220 e. The van der Waals surface area contributed by atoms with Crippen LogP contribution < -0.4 is 5.32 Å². The van der Waals surface area contributed by atoms with Crippen molar-refractivity contribution < 1.29 is 4.79 Å². The van der Waals surface area contributed by atoms with Crippen LogP contribution in [0.4, 0.5) is 0 Å². The van der Waals surface area contributed by atoms with Crippen molar-refractivity contribution in [1.29, 1.82) is 0 Å². The maximum absolute atomic E-state index is 10.9. The molecule has 64 valence electrons. The monoisotopic (exact) mass is 163 g/mol. The third-order valence-electron chi connectivity index (χ3n) is 1.99. The highest BCUT2D eigenvalue weighted by molar-refractivity contribution is 5.79. The summed E-state index contributed by atoms with van der Waals surface area (Å²) in [6.07, 6.45) is 5.98. The molecule has 1 heterocycles. The Morgan fingerprint density at radius 3 is 2.75 bits per heavy atom. The molecule has 1 unspecified atom stereocenters. The lowest BCUT2D eigenvalue weighted by Crippen LogP contribution is -2.14. The average Bonchev–Trinajstić information content (AvgIpc) is 2.47. The first-order valence-electron chi connectivity index (χ1n) is 3.99. The second-order valence-corrected chi connectivity index (χ2v) is 2.81. The highest BCUT2D eigenvalue weighted by Crippen LogP contribution is 2.19. The minimum absolute atomic E-state index is 0.122. The highest BCUT2D eigenvalue weighted by Gasteiger charge is 2.22. The van der Waals surface area contributed by atoms with Crippen LogP contribution in [0.2, 0.25) is 0 Å². The molecule has 0 spiro atoms. The number of carbonyl (C=O) groups excluding carboxylic acids is 1. The van der Waals surface area contributed by atoms with E-state index in [4.69, 9.17) is 0 Å². The van der Waals surface area contributed by atoms with Gasteiger partial charge in [-0.2, -0.15) is 0 Å². The van der Waals surface area contributed by atoms with Crippen LogP contribution in [0.25, 0.3) is 0 Å². The van der Waals surface area contributed by atoms with Crippen LogP contribution in [-0.2, 0) is 4.79 Å². The van der Waals surface area contributed by atoms with Gasteiger partial charge in [-0.1, -0.05) is 31.4 Å². The summed E-state index contributed by atoms with van der Waals surface area (Å²) < 4.78 is 0. The maximum atomic E-state index is 10.9. The predicted molar refractivity (Wildman–Crippen MR) is 49.6 cm³/mol. The van der Waals surface area contributed by atoms with Crippen LogP contribution in [0.1, 0.15) is 6.42 Å². The molecule has 12 heavy (non-hydrogen) atoms. The van der Waals surface area contributed by atoms with E-state index in [0.29, 0.717) is 6.42 Å². The molecule has 0 aromatic heterocycles. The van der Waals surface area contributed by atoms with Crippen molar-refractivity contribution in [3.8, 4) is 0 Å². The van der Waals surface area contributed by atoms with E-state index >= 15 is 0 Å². The van der Waals surface area contributed by atoms with Crippen LogP contribution in [0.3, 0.4) is 0 Å². The largest absolute Gasteiger partial charge is 0.355 e. The van der Waals surface area contributed by atoms with Crippen LogP contribution >= 0.6 is 0 Å². The Hall–Kier alpha value is -1.31. The topological polar surface area (TPSA) is 29.1 Å². The highest BCUT2D eigenvalue weighted by atomic mass is 16.1. The normalized spacial score (nSPS) is 23.5. The Bertz CT molecular complexity index is 240. The fourth-order valence-electron chi connectivity index (χ4n) is 1.35. The lowest BCUT2D eigenvalue weighted by atomic mass is 9.98. The fraction of sp³-hybridized carbons (Fsp3) is 0.300. The second-order valence-electron chi connectivity index (χ2n) is 2.81. The molecule has 1 aliphatic heterocycles. The van der Waals surface area contributed by atoms with Crippen molar-refractivity contribution in [2.24, 2.45) is 5.92 Å². The molecule has 1 atom stereocenters. The van der Waals surface area contributed by atoms with Gasteiger partial charge in [-0.25, -0.2) is 0 Å². The maximum Gasteiger partial charge on any atom is 0.220 e. The third-order valence-corrected chi connectivity index (χ3v) is 1.99. The Balaban J connectivity index is 2.67. The second kappa shape index (κ2) is 3.90. The van der Waals surface area contributed by atoms with Crippen LogP contribution in [-0.4, -0.2) is 12.5 Å². The van der Waals surface area contributed by atoms with E-state index in [0.717, 1.165) is 12.1 Å². The summed E-state index contributed by atoms with van der Waals surface area (Å²) in [5, 5.41) is 2.78. The molecule has 0 bridgehead atoms. The average molecular weight is 163 g/mol. The van der Waals surface area contributed by atoms with Crippen LogP contribution in [0.15, 0.2) is 37.0 Å². The number of rotatable bonds is 3.